The Hall–Kier alpha value is -1.29. The molecule has 110 valence electrons. The maximum atomic E-state index is 12.8. The lowest BCUT2D eigenvalue weighted by Gasteiger charge is -2.38. The van der Waals surface area contributed by atoms with E-state index >= 15 is 0 Å². The van der Waals surface area contributed by atoms with E-state index in [9.17, 15) is 4.79 Å². The molecule has 0 saturated heterocycles. The van der Waals surface area contributed by atoms with E-state index in [0.29, 0.717) is 25.0 Å². The number of rotatable bonds is 6. The average molecular weight is 276 g/mol. The van der Waals surface area contributed by atoms with Gasteiger partial charge in [-0.2, -0.15) is 0 Å². The molecular formula is C16H24N2O2. The zero-order valence-corrected chi connectivity index (χ0v) is 12.0. The summed E-state index contributed by atoms with van der Waals surface area (Å²) in [5, 5.41) is 9.05. The van der Waals surface area contributed by atoms with Crippen LogP contribution in [0.5, 0.6) is 0 Å². The molecule has 4 nitrogen and oxygen atoms in total. The summed E-state index contributed by atoms with van der Waals surface area (Å²) in [6, 6.07) is 4.84. The zero-order valence-electron chi connectivity index (χ0n) is 12.0. The molecule has 1 aromatic heterocycles. The van der Waals surface area contributed by atoms with E-state index in [0.717, 1.165) is 18.5 Å². The predicted molar refractivity (Wildman–Crippen MR) is 77.7 cm³/mol. The van der Waals surface area contributed by atoms with Crippen molar-refractivity contribution in [2.75, 3.05) is 13.2 Å². The van der Waals surface area contributed by atoms with Gasteiger partial charge in [-0.05, 0) is 57.1 Å². The first-order chi connectivity index (χ1) is 9.81. The number of aromatic nitrogens is 1. The second kappa shape index (κ2) is 6.00. The van der Waals surface area contributed by atoms with E-state index in [2.05, 4.69) is 4.57 Å². The van der Waals surface area contributed by atoms with Crippen LogP contribution >= 0.6 is 0 Å². The van der Waals surface area contributed by atoms with Crippen molar-refractivity contribution in [3.63, 3.8) is 0 Å². The highest BCUT2D eigenvalue weighted by molar-refractivity contribution is 5.93. The van der Waals surface area contributed by atoms with E-state index in [-0.39, 0.29) is 12.5 Å². The molecule has 20 heavy (non-hydrogen) atoms. The number of hydrogen-bond acceptors (Lipinski definition) is 2. The van der Waals surface area contributed by atoms with E-state index in [1.807, 2.05) is 23.2 Å². The van der Waals surface area contributed by atoms with Crippen LogP contribution in [0.2, 0.25) is 0 Å². The van der Waals surface area contributed by atoms with Gasteiger partial charge in [0.2, 0.25) is 0 Å². The first-order valence-corrected chi connectivity index (χ1v) is 7.90. The van der Waals surface area contributed by atoms with Crippen molar-refractivity contribution in [2.24, 2.45) is 0 Å². The fourth-order valence-corrected chi connectivity index (χ4v) is 3.09. The summed E-state index contributed by atoms with van der Waals surface area (Å²) in [4.78, 5) is 14.8. The number of carbonyl (C=O) groups excluding carboxylic acids is 1. The summed E-state index contributed by atoms with van der Waals surface area (Å²) < 4.78 is 2.16. The van der Waals surface area contributed by atoms with Crippen LogP contribution in [0.15, 0.2) is 18.3 Å². The number of hydrogen-bond donors (Lipinski definition) is 1. The molecule has 0 aliphatic heterocycles. The van der Waals surface area contributed by atoms with Gasteiger partial charge in [-0.25, -0.2) is 0 Å². The predicted octanol–water partition coefficient (Wildman–Crippen LogP) is 2.59. The van der Waals surface area contributed by atoms with Gasteiger partial charge in [0.1, 0.15) is 5.69 Å². The van der Waals surface area contributed by atoms with Crippen LogP contribution in [-0.2, 0) is 0 Å². The molecule has 0 atom stereocenters. The SMILES string of the molecule is O=C(c1cccn1C1CCC1)N(CCCO)C1CCC1. The van der Waals surface area contributed by atoms with Gasteiger partial charge in [-0.15, -0.1) is 0 Å². The molecule has 2 aliphatic carbocycles. The van der Waals surface area contributed by atoms with E-state index in [1.165, 1.54) is 25.7 Å². The Morgan fingerprint density at radius 1 is 1.30 bits per heavy atom. The van der Waals surface area contributed by atoms with Gasteiger partial charge in [-0.3, -0.25) is 4.79 Å². The summed E-state index contributed by atoms with van der Waals surface area (Å²) in [6.07, 6.45) is 9.81. The van der Waals surface area contributed by atoms with Crippen LogP contribution < -0.4 is 0 Å². The third-order valence-corrected chi connectivity index (χ3v) is 4.80. The van der Waals surface area contributed by atoms with Gasteiger partial charge in [-0.1, -0.05) is 0 Å². The van der Waals surface area contributed by atoms with Crippen LogP contribution in [0.25, 0.3) is 0 Å². The minimum atomic E-state index is 0.153. The average Bonchev–Trinajstić information content (AvgIpc) is 2.77. The lowest BCUT2D eigenvalue weighted by Crippen LogP contribution is -2.45. The maximum absolute atomic E-state index is 12.8. The molecule has 3 rings (SSSR count). The Morgan fingerprint density at radius 2 is 2.05 bits per heavy atom. The number of aliphatic hydroxyl groups excluding tert-OH is 1. The number of amides is 1. The molecule has 0 bridgehead atoms. The largest absolute Gasteiger partial charge is 0.396 e. The van der Waals surface area contributed by atoms with Crippen LogP contribution in [0.3, 0.4) is 0 Å². The number of carbonyl (C=O) groups is 1. The second-order valence-corrected chi connectivity index (χ2v) is 6.05. The molecule has 0 aromatic carbocycles. The summed E-state index contributed by atoms with van der Waals surface area (Å²) in [6.45, 7) is 0.829. The Kier molecular flexibility index (Phi) is 4.10. The fraction of sp³-hybridized carbons (Fsp3) is 0.688. The molecule has 1 heterocycles. The lowest BCUT2D eigenvalue weighted by molar-refractivity contribution is 0.0546. The molecule has 2 fully saturated rings. The third-order valence-electron chi connectivity index (χ3n) is 4.80. The van der Waals surface area contributed by atoms with Crippen LogP contribution in [0, 0.1) is 0 Å². The highest BCUT2D eigenvalue weighted by Crippen LogP contribution is 2.34. The lowest BCUT2D eigenvalue weighted by atomic mass is 9.90. The second-order valence-electron chi connectivity index (χ2n) is 6.05. The highest BCUT2D eigenvalue weighted by atomic mass is 16.3. The number of aliphatic hydroxyl groups is 1. The van der Waals surface area contributed by atoms with Crippen molar-refractivity contribution < 1.29 is 9.90 Å². The minimum absolute atomic E-state index is 0.153. The monoisotopic (exact) mass is 276 g/mol. The first-order valence-electron chi connectivity index (χ1n) is 7.90. The van der Waals surface area contributed by atoms with Gasteiger partial charge in [0.15, 0.2) is 0 Å². The molecule has 1 N–H and O–H groups in total. The smallest absolute Gasteiger partial charge is 0.270 e. The topological polar surface area (TPSA) is 45.5 Å². The molecule has 0 spiro atoms. The van der Waals surface area contributed by atoms with Crippen molar-refractivity contribution in [3.8, 4) is 0 Å². The van der Waals surface area contributed by atoms with Crippen LogP contribution in [0.1, 0.15) is 61.5 Å². The quantitative estimate of drug-likeness (QED) is 0.868. The Balaban J connectivity index is 1.76. The van der Waals surface area contributed by atoms with Gasteiger partial charge in [0, 0.05) is 31.4 Å². The van der Waals surface area contributed by atoms with Gasteiger partial charge >= 0.3 is 0 Å². The van der Waals surface area contributed by atoms with Crippen molar-refractivity contribution in [2.45, 2.75) is 57.0 Å². The molecule has 0 unspecified atom stereocenters. The highest BCUT2D eigenvalue weighted by Gasteiger charge is 2.31. The molecule has 1 amide bonds. The van der Waals surface area contributed by atoms with Gasteiger partial charge in [0.05, 0.1) is 0 Å². The van der Waals surface area contributed by atoms with E-state index in [4.69, 9.17) is 5.11 Å². The summed E-state index contributed by atoms with van der Waals surface area (Å²) in [5.41, 5.74) is 0.833. The zero-order chi connectivity index (χ0) is 13.9. The maximum Gasteiger partial charge on any atom is 0.270 e. The van der Waals surface area contributed by atoms with Gasteiger partial charge in [0.25, 0.3) is 5.91 Å². The molecular weight excluding hydrogens is 252 g/mol. The summed E-state index contributed by atoms with van der Waals surface area (Å²) in [5.74, 6) is 0.153. The van der Waals surface area contributed by atoms with Crippen molar-refractivity contribution in [1.82, 2.24) is 9.47 Å². The Morgan fingerprint density at radius 3 is 2.60 bits per heavy atom. The first kappa shape index (κ1) is 13.7. The van der Waals surface area contributed by atoms with Crippen molar-refractivity contribution in [1.29, 1.82) is 0 Å². The van der Waals surface area contributed by atoms with E-state index < -0.39 is 0 Å². The normalized spacial score (nSPS) is 19.4. The van der Waals surface area contributed by atoms with Crippen LogP contribution in [0.4, 0.5) is 0 Å². The molecule has 1 aromatic rings. The Bertz CT molecular complexity index is 461. The fourth-order valence-electron chi connectivity index (χ4n) is 3.09. The van der Waals surface area contributed by atoms with E-state index in [1.54, 1.807) is 0 Å². The van der Waals surface area contributed by atoms with Crippen molar-refractivity contribution in [3.05, 3.63) is 24.0 Å². The van der Waals surface area contributed by atoms with Crippen molar-refractivity contribution >= 4 is 5.91 Å². The van der Waals surface area contributed by atoms with Crippen LogP contribution in [-0.4, -0.2) is 39.7 Å². The molecule has 2 aliphatic rings. The molecule has 2 saturated carbocycles. The minimum Gasteiger partial charge on any atom is -0.396 e. The third kappa shape index (κ3) is 2.49. The standard InChI is InChI=1S/C16H24N2O2/c19-12-4-11-18(14-7-2-8-14)16(20)15-9-3-10-17(15)13-5-1-6-13/h3,9-10,13-14,19H,1-2,4-8,11-12H2. The van der Waals surface area contributed by atoms with Gasteiger partial charge < -0.3 is 14.6 Å². The number of nitrogens with zero attached hydrogens (tertiary/aromatic N) is 2. The molecule has 0 radical (unpaired) electrons. The summed E-state index contributed by atoms with van der Waals surface area (Å²) >= 11 is 0. The Labute approximate surface area is 120 Å². The summed E-state index contributed by atoms with van der Waals surface area (Å²) in [7, 11) is 0. The molecule has 4 heteroatoms.